The average Bonchev–Trinajstić information content (AvgIpc) is 3.24. The maximum absolute atomic E-state index is 17.2. The van der Waals surface area contributed by atoms with E-state index in [9.17, 15) is 19.8 Å². The van der Waals surface area contributed by atoms with E-state index in [1.807, 2.05) is 0 Å². The maximum atomic E-state index is 17.2. The van der Waals surface area contributed by atoms with Crippen molar-refractivity contribution >= 4 is 23.5 Å². The Morgan fingerprint density at radius 1 is 1.41 bits per heavy atom. The second-order valence-electron chi connectivity index (χ2n) is 10.2. The number of fused-ring (bicyclic) bond motifs is 7. The van der Waals surface area contributed by atoms with E-state index in [0.29, 0.717) is 24.8 Å². The molecule has 9 heteroatoms. The van der Waals surface area contributed by atoms with Gasteiger partial charge in [-0.05, 0) is 50.7 Å². The van der Waals surface area contributed by atoms with Gasteiger partial charge >= 0.3 is 0 Å². The van der Waals surface area contributed by atoms with E-state index in [0.717, 1.165) is 6.21 Å². The Kier molecular flexibility index (Phi) is 4.41. The van der Waals surface area contributed by atoms with Gasteiger partial charge in [0.25, 0.3) is 0 Å². The van der Waals surface area contributed by atoms with Crippen molar-refractivity contribution in [2.75, 3.05) is 6.61 Å². The van der Waals surface area contributed by atoms with Crippen molar-refractivity contribution in [2.45, 2.75) is 56.9 Å². The molecule has 0 saturated heterocycles. The summed E-state index contributed by atoms with van der Waals surface area (Å²) in [4.78, 5) is 30.8. The molecular weight excluding hydrogens is 419 g/mol. The van der Waals surface area contributed by atoms with Crippen molar-refractivity contribution in [1.29, 1.82) is 0 Å². The molecule has 2 unspecified atom stereocenters. The Morgan fingerprint density at radius 3 is 2.84 bits per heavy atom. The molecule has 0 spiro atoms. The molecule has 172 valence electrons. The quantitative estimate of drug-likeness (QED) is 0.344. The molecule has 3 fully saturated rings. The monoisotopic (exact) mass is 446 g/mol. The van der Waals surface area contributed by atoms with Crippen LogP contribution in [0.15, 0.2) is 34.1 Å². The number of Topliss-reactive ketones (excluding diaryl/α,β-unsaturated/α-hetero) is 1. The average molecular weight is 446 g/mol. The molecule has 4 aliphatic carbocycles. The minimum atomic E-state index is -2.04. The molecule has 0 aromatic heterocycles. The Morgan fingerprint density at radius 2 is 2.16 bits per heavy atom. The largest absolute Gasteiger partial charge is 0.411 e. The van der Waals surface area contributed by atoms with Crippen LogP contribution < -0.4 is 0 Å². The molecule has 8 nitrogen and oxygen atoms in total. The fourth-order valence-corrected chi connectivity index (χ4v) is 7.78. The van der Waals surface area contributed by atoms with Crippen LogP contribution in [0.25, 0.3) is 0 Å². The van der Waals surface area contributed by atoms with Crippen LogP contribution in [-0.2, 0) is 14.4 Å². The molecule has 0 aromatic carbocycles. The van der Waals surface area contributed by atoms with Crippen molar-refractivity contribution in [2.24, 2.45) is 38.9 Å². The van der Waals surface area contributed by atoms with Crippen LogP contribution in [-0.4, -0.2) is 62.9 Å². The first-order chi connectivity index (χ1) is 15.1. The SMILES string of the molecule is C[C@]12C=CC(=O)C=C1CCC1C3C[C@H]4C(/C=N/O)=NO[C@@]4(C(=O)CO)[C@@]3(C)C[C@H](O)[C@@]12F. The summed E-state index contributed by atoms with van der Waals surface area (Å²) in [6.45, 7) is 2.75. The van der Waals surface area contributed by atoms with Gasteiger partial charge in [-0.15, -0.1) is 0 Å². The molecule has 3 N–H and O–H groups in total. The van der Waals surface area contributed by atoms with Crippen molar-refractivity contribution in [3.8, 4) is 0 Å². The van der Waals surface area contributed by atoms with Gasteiger partial charge in [0.1, 0.15) is 12.3 Å². The summed E-state index contributed by atoms with van der Waals surface area (Å²) < 4.78 is 17.2. The van der Waals surface area contributed by atoms with Gasteiger partial charge in [0.05, 0.1) is 18.2 Å². The van der Waals surface area contributed by atoms with Gasteiger partial charge in [0.2, 0.25) is 11.4 Å². The molecule has 0 radical (unpaired) electrons. The van der Waals surface area contributed by atoms with Crippen LogP contribution in [0.2, 0.25) is 0 Å². The number of carbonyl (C=O) groups is 2. The minimum absolute atomic E-state index is 0.0728. The first kappa shape index (κ1) is 21.5. The lowest BCUT2D eigenvalue weighted by Crippen LogP contribution is -2.69. The van der Waals surface area contributed by atoms with Crippen LogP contribution in [0.1, 0.15) is 39.5 Å². The number of alkyl halides is 1. The topological polar surface area (TPSA) is 129 Å². The summed E-state index contributed by atoms with van der Waals surface area (Å²) in [7, 11) is 0. The summed E-state index contributed by atoms with van der Waals surface area (Å²) in [5.74, 6) is -2.37. The minimum Gasteiger partial charge on any atom is -0.411 e. The highest BCUT2D eigenvalue weighted by atomic mass is 19.1. The fourth-order valence-electron chi connectivity index (χ4n) is 7.78. The van der Waals surface area contributed by atoms with Gasteiger partial charge in [-0.2, -0.15) is 0 Å². The molecule has 8 atom stereocenters. The second-order valence-corrected chi connectivity index (χ2v) is 10.2. The third-order valence-electron chi connectivity index (χ3n) is 9.26. The van der Waals surface area contributed by atoms with E-state index in [4.69, 9.17) is 10.0 Å². The molecule has 1 aliphatic heterocycles. The lowest BCUT2D eigenvalue weighted by molar-refractivity contribution is -0.225. The first-order valence-corrected chi connectivity index (χ1v) is 11.0. The summed E-state index contributed by atoms with van der Waals surface area (Å²) in [6.07, 6.45) is 5.28. The molecule has 0 aromatic rings. The summed E-state index contributed by atoms with van der Waals surface area (Å²) in [6, 6.07) is 0. The lowest BCUT2D eigenvalue weighted by atomic mass is 9.44. The molecule has 3 saturated carbocycles. The van der Waals surface area contributed by atoms with Gasteiger partial charge < -0.3 is 20.3 Å². The normalized spacial score (nSPS) is 49.0. The Labute approximate surface area is 184 Å². The van der Waals surface area contributed by atoms with Crippen LogP contribution in [0.3, 0.4) is 0 Å². The maximum Gasteiger partial charge on any atom is 0.211 e. The van der Waals surface area contributed by atoms with Gasteiger partial charge in [0, 0.05) is 16.7 Å². The highest BCUT2D eigenvalue weighted by molar-refractivity contribution is 6.33. The zero-order valence-electron chi connectivity index (χ0n) is 18.0. The second kappa shape index (κ2) is 6.57. The van der Waals surface area contributed by atoms with Crippen molar-refractivity contribution in [3.63, 3.8) is 0 Å². The van der Waals surface area contributed by atoms with E-state index in [2.05, 4.69) is 10.3 Å². The van der Waals surface area contributed by atoms with Crippen LogP contribution in [0.4, 0.5) is 4.39 Å². The van der Waals surface area contributed by atoms with E-state index < -0.39 is 52.4 Å². The highest BCUT2D eigenvalue weighted by Gasteiger charge is 2.79. The van der Waals surface area contributed by atoms with Crippen molar-refractivity contribution in [1.82, 2.24) is 0 Å². The third-order valence-corrected chi connectivity index (χ3v) is 9.26. The number of nitrogens with zero attached hydrogens (tertiary/aromatic N) is 2. The van der Waals surface area contributed by atoms with Crippen LogP contribution in [0, 0.1) is 28.6 Å². The number of aliphatic hydroxyl groups is 2. The molecule has 5 aliphatic rings. The number of hydrogen-bond acceptors (Lipinski definition) is 8. The van der Waals surface area contributed by atoms with E-state index >= 15 is 4.39 Å². The first-order valence-electron chi connectivity index (χ1n) is 11.0. The smallest absolute Gasteiger partial charge is 0.211 e. The molecule has 32 heavy (non-hydrogen) atoms. The molecule has 0 bridgehead atoms. The number of allylic oxidation sites excluding steroid dienone is 4. The number of ketones is 2. The third kappa shape index (κ3) is 2.18. The molecule has 1 heterocycles. The number of aliphatic hydroxyl groups excluding tert-OH is 2. The standard InChI is InChI=1S/C23H27FN2O6/c1-20-6-5-13(28)7-12(20)3-4-14-15-8-16-17(10-25-31)26-32-23(16,19(30)11-27)21(15,2)9-18(29)22(14,20)24/h5-7,10,14-16,18,27,29,31H,3-4,8-9,11H2,1-2H3/b25-10+/t14?,15?,16-,18-,20-,21-,22-,23-/m0/s1. The molecule has 5 rings (SSSR count). The van der Waals surface area contributed by atoms with E-state index in [-0.39, 0.29) is 23.8 Å². The lowest BCUT2D eigenvalue weighted by Gasteiger charge is -2.62. The highest BCUT2D eigenvalue weighted by Crippen LogP contribution is 2.72. The number of rotatable bonds is 3. The Balaban J connectivity index is 1.65. The predicted molar refractivity (Wildman–Crippen MR) is 111 cm³/mol. The van der Waals surface area contributed by atoms with E-state index in [1.165, 1.54) is 12.2 Å². The summed E-state index contributed by atoms with van der Waals surface area (Å²) >= 11 is 0. The summed E-state index contributed by atoms with van der Waals surface area (Å²) in [5, 5.41) is 37.2. The number of oxime groups is 2. The zero-order chi connectivity index (χ0) is 23.1. The van der Waals surface area contributed by atoms with Crippen molar-refractivity contribution < 1.29 is 34.2 Å². The molecular formula is C23H27FN2O6. The van der Waals surface area contributed by atoms with Gasteiger partial charge in [-0.1, -0.05) is 28.9 Å². The van der Waals surface area contributed by atoms with Gasteiger partial charge in [-0.25, -0.2) is 4.39 Å². The number of carbonyl (C=O) groups excluding carboxylic acids is 2. The van der Waals surface area contributed by atoms with Gasteiger partial charge in [-0.3, -0.25) is 9.59 Å². The Hall–Kier alpha value is -2.39. The van der Waals surface area contributed by atoms with Gasteiger partial charge in [0.15, 0.2) is 11.5 Å². The zero-order valence-corrected chi connectivity index (χ0v) is 18.0. The number of halogens is 1. The number of hydrogen-bond donors (Lipinski definition) is 3. The fraction of sp³-hybridized carbons (Fsp3) is 0.652. The van der Waals surface area contributed by atoms with Crippen molar-refractivity contribution in [3.05, 3.63) is 23.8 Å². The Bertz CT molecular complexity index is 1020. The predicted octanol–water partition coefficient (Wildman–Crippen LogP) is 1.73. The summed E-state index contributed by atoms with van der Waals surface area (Å²) in [5.41, 5.74) is -4.81. The van der Waals surface area contributed by atoms with Crippen LogP contribution >= 0.6 is 0 Å². The van der Waals surface area contributed by atoms with Crippen LogP contribution in [0.5, 0.6) is 0 Å². The van der Waals surface area contributed by atoms with E-state index in [1.54, 1.807) is 19.9 Å². The molecule has 0 amide bonds.